The van der Waals surface area contributed by atoms with Gasteiger partial charge in [0.25, 0.3) is 0 Å². The van der Waals surface area contributed by atoms with Gasteiger partial charge in [0.15, 0.2) is 5.96 Å². The van der Waals surface area contributed by atoms with Gasteiger partial charge >= 0.3 is 0 Å². The van der Waals surface area contributed by atoms with Crippen molar-refractivity contribution in [1.29, 1.82) is 0 Å². The number of likely N-dealkylation sites (tertiary alicyclic amines) is 1. The maximum absolute atomic E-state index is 5.87. The predicted octanol–water partition coefficient (Wildman–Crippen LogP) is 2.43. The van der Waals surface area contributed by atoms with Gasteiger partial charge in [-0.15, -0.1) is 24.8 Å². The minimum Gasteiger partial charge on any atom is -0.497 e. The highest BCUT2D eigenvalue weighted by atomic mass is 35.5. The molecule has 1 aliphatic rings. The second kappa shape index (κ2) is 12.3. The van der Waals surface area contributed by atoms with Crippen LogP contribution in [0.3, 0.4) is 0 Å². The highest BCUT2D eigenvalue weighted by Crippen LogP contribution is 2.11. The third-order valence-electron chi connectivity index (χ3n) is 3.75. The predicted molar refractivity (Wildman–Crippen MR) is 101 cm³/mol. The molecule has 0 unspecified atom stereocenters. The first kappa shape index (κ1) is 21.8. The van der Waals surface area contributed by atoms with E-state index in [4.69, 9.17) is 10.5 Å². The third-order valence-corrected chi connectivity index (χ3v) is 3.75. The largest absolute Gasteiger partial charge is 0.497 e. The third kappa shape index (κ3) is 8.30. The van der Waals surface area contributed by atoms with Crippen LogP contribution in [0.25, 0.3) is 0 Å². The molecule has 0 saturated carbocycles. The molecular formula is C16H28Cl2N4O. The van der Waals surface area contributed by atoms with Crippen molar-refractivity contribution in [3.8, 4) is 5.75 Å². The van der Waals surface area contributed by atoms with Crippen LogP contribution in [0.4, 0.5) is 0 Å². The van der Waals surface area contributed by atoms with E-state index in [1.54, 1.807) is 7.11 Å². The van der Waals surface area contributed by atoms with Gasteiger partial charge in [-0.25, -0.2) is 4.99 Å². The zero-order chi connectivity index (χ0) is 14.9. The summed E-state index contributed by atoms with van der Waals surface area (Å²) in [6, 6.07) is 7.88. The summed E-state index contributed by atoms with van der Waals surface area (Å²) < 4.78 is 5.13. The van der Waals surface area contributed by atoms with E-state index in [0.717, 1.165) is 30.8 Å². The fourth-order valence-corrected chi connectivity index (χ4v) is 2.49. The van der Waals surface area contributed by atoms with Crippen LogP contribution in [0.1, 0.15) is 24.8 Å². The second-order valence-corrected chi connectivity index (χ2v) is 5.38. The highest BCUT2D eigenvalue weighted by molar-refractivity contribution is 5.85. The van der Waals surface area contributed by atoms with Crippen molar-refractivity contribution in [1.82, 2.24) is 10.2 Å². The Bertz CT molecular complexity index is 448. The fourth-order valence-electron chi connectivity index (χ4n) is 2.49. The molecule has 0 spiro atoms. The molecule has 1 aromatic carbocycles. The molecule has 0 aromatic heterocycles. The normalized spacial score (nSPS) is 14.7. The van der Waals surface area contributed by atoms with Crippen molar-refractivity contribution in [2.75, 3.05) is 33.3 Å². The lowest BCUT2D eigenvalue weighted by atomic mass is 10.2. The summed E-state index contributed by atoms with van der Waals surface area (Å²) in [5.41, 5.74) is 7.00. The number of guanidine groups is 1. The molecule has 1 aliphatic heterocycles. The number of methoxy groups -OCH3 is 1. The smallest absolute Gasteiger partial charge is 0.188 e. The molecular weight excluding hydrogens is 335 g/mol. The van der Waals surface area contributed by atoms with E-state index < -0.39 is 0 Å². The zero-order valence-corrected chi connectivity index (χ0v) is 15.3. The standard InChI is InChI=1S/C16H26N4O.2ClH/c1-21-15-7-5-14(6-8-15)13-19-16(17)18-9-4-12-20-10-2-3-11-20;;/h5-8H,2-4,9-13H2,1H3,(H3,17,18,19);2*1H. The molecule has 0 radical (unpaired) electrons. The molecule has 0 amide bonds. The number of hydrogen-bond acceptors (Lipinski definition) is 3. The fraction of sp³-hybridized carbons (Fsp3) is 0.562. The Morgan fingerprint density at radius 3 is 2.48 bits per heavy atom. The van der Waals surface area contributed by atoms with Gasteiger partial charge in [-0.3, -0.25) is 0 Å². The van der Waals surface area contributed by atoms with Crippen molar-refractivity contribution in [3.05, 3.63) is 29.8 Å². The number of ether oxygens (including phenoxy) is 1. The molecule has 2 rings (SSSR count). The monoisotopic (exact) mass is 362 g/mol. The number of benzene rings is 1. The summed E-state index contributed by atoms with van der Waals surface area (Å²) in [5, 5.41) is 3.18. The minimum absolute atomic E-state index is 0. The number of nitrogens with one attached hydrogen (secondary N) is 1. The van der Waals surface area contributed by atoms with Gasteiger partial charge in [0, 0.05) is 6.54 Å². The summed E-state index contributed by atoms with van der Waals surface area (Å²) in [6.45, 7) is 5.13. The van der Waals surface area contributed by atoms with Gasteiger partial charge in [-0.1, -0.05) is 12.1 Å². The van der Waals surface area contributed by atoms with E-state index >= 15 is 0 Å². The van der Waals surface area contributed by atoms with Crippen molar-refractivity contribution in [2.24, 2.45) is 10.7 Å². The maximum atomic E-state index is 5.87. The number of nitrogens with two attached hydrogens (primary N) is 1. The lowest BCUT2D eigenvalue weighted by Gasteiger charge is -2.14. The average molecular weight is 363 g/mol. The number of hydrogen-bond donors (Lipinski definition) is 2. The van der Waals surface area contributed by atoms with Gasteiger partial charge in [0.05, 0.1) is 13.7 Å². The molecule has 3 N–H and O–H groups in total. The van der Waals surface area contributed by atoms with Crippen molar-refractivity contribution < 1.29 is 4.74 Å². The van der Waals surface area contributed by atoms with E-state index in [9.17, 15) is 0 Å². The van der Waals surface area contributed by atoms with Gasteiger partial charge < -0.3 is 20.7 Å². The van der Waals surface area contributed by atoms with E-state index in [0.29, 0.717) is 12.5 Å². The molecule has 0 bridgehead atoms. The van der Waals surface area contributed by atoms with Crippen LogP contribution in [-0.4, -0.2) is 44.1 Å². The van der Waals surface area contributed by atoms with Crippen LogP contribution in [-0.2, 0) is 6.54 Å². The molecule has 1 fully saturated rings. The van der Waals surface area contributed by atoms with Gasteiger partial charge in [0.1, 0.15) is 5.75 Å². The first-order valence-corrected chi connectivity index (χ1v) is 7.67. The summed E-state index contributed by atoms with van der Waals surface area (Å²) in [5.74, 6) is 1.38. The summed E-state index contributed by atoms with van der Waals surface area (Å²) in [7, 11) is 1.66. The molecule has 5 nitrogen and oxygen atoms in total. The van der Waals surface area contributed by atoms with Crippen molar-refractivity contribution in [3.63, 3.8) is 0 Å². The van der Waals surface area contributed by atoms with Crippen molar-refractivity contribution >= 4 is 30.8 Å². The van der Waals surface area contributed by atoms with E-state index in [1.165, 1.54) is 25.9 Å². The Labute approximate surface area is 151 Å². The first-order valence-electron chi connectivity index (χ1n) is 7.67. The van der Waals surface area contributed by atoms with Crippen molar-refractivity contribution in [2.45, 2.75) is 25.8 Å². The number of halogens is 2. The van der Waals surface area contributed by atoms with Crippen LogP contribution in [0, 0.1) is 0 Å². The van der Waals surface area contributed by atoms with Crippen LogP contribution >= 0.6 is 24.8 Å². The average Bonchev–Trinajstić information content (AvgIpc) is 3.03. The summed E-state index contributed by atoms with van der Waals surface area (Å²) in [4.78, 5) is 6.85. The number of rotatable bonds is 7. The maximum Gasteiger partial charge on any atom is 0.188 e. The number of nitrogens with zero attached hydrogens (tertiary/aromatic N) is 2. The van der Waals surface area contributed by atoms with Crippen LogP contribution in [0.2, 0.25) is 0 Å². The molecule has 1 heterocycles. The zero-order valence-electron chi connectivity index (χ0n) is 13.7. The lowest BCUT2D eigenvalue weighted by molar-refractivity contribution is 0.334. The SMILES string of the molecule is COc1ccc(CN=C(N)NCCCN2CCCC2)cc1.Cl.Cl. The Balaban J connectivity index is 0.00000242. The summed E-state index contributed by atoms with van der Waals surface area (Å²) in [6.07, 6.45) is 3.80. The Morgan fingerprint density at radius 2 is 1.87 bits per heavy atom. The quantitative estimate of drug-likeness (QED) is 0.444. The molecule has 7 heteroatoms. The van der Waals surface area contributed by atoms with Crippen LogP contribution in [0.15, 0.2) is 29.3 Å². The summed E-state index contributed by atoms with van der Waals surface area (Å²) >= 11 is 0. The second-order valence-electron chi connectivity index (χ2n) is 5.38. The topological polar surface area (TPSA) is 62.9 Å². The van der Waals surface area contributed by atoms with Crippen LogP contribution in [0.5, 0.6) is 5.75 Å². The number of aliphatic imine (C=N–C) groups is 1. The Hall–Kier alpha value is -1.17. The highest BCUT2D eigenvalue weighted by Gasteiger charge is 2.09. The Morgan fingerprint density at radius 1 is 1.22 bits per heavy atom. The van der Waals surface area contributed by atoms with E-state index in [2.05, 4.69) is 15.2 Å². The van der Waals surface area contributed by atoms with Gasteiger partial charge in [-0.2, -0.15) is 0 Å². The molecule has 1 saturated heterocycles. The Kier molecular flexibility index (Phi) is 11.7. The molecule has 132 valence electrons. The first-order chi connectivity index (χ1) is 10.3. The van der Waals surface area contributed by atoms with E-state index in [-0.39, 0.29) is 24.8 Å². The molecule has 23 heavy (non-hydrogen) atoms. The van der Waals surface area contributed by atoms with Crippen LogP contribution < -0.4 is 15.8 Å². The van der Waals surface area contributed by atoms with E-state index in [1.807, 2.05) is 24.3 Å². The van der Waals surface area contributed by atoms with Gasteiger partial charge in [-0.05, 0) is 56.6 Å². The minimum atomic E-state index is 0. The molecule has 0 atom stereocenters. The molecule has 0 aliphatic carbocycles. The molecule has 1 aromatic rings. The lowest BCUT2D eigenvalue weighted by Crippen LogP contribution is -2.34. The van der Waals surface area contributed by atoms with Gasteiger partial charge in [0.2, 0.25) is 0 Å².